The van der Waals surface area contributed by atoms with Gasteiger partial charge in [0.2, 0.25) is 0 Å². The van der Waals surface area contributed by atoms with Gasteiger partial charge in [-0.3, -0.25) is 4.79 Å². The average molecular weight is 314 g/mol. The summed E-state index contributed by atoms with van der Waals surface area (Å²) in [6.45, 7) is 7.92. The molecule has 2 aromatic rings. The highest BCUT2D eigenvalue weighted by molar-refractivity contribution is 5.95. The van der Waals surface area contributed by atoms with Crippen LogP contribution in [0.3, 0.4) is 0 Å². The minimum Gasteiger partial charge on any atom is -0.488 e. The number of aryl methyl sites for hydroxylation is 1. The molecule has 0 atom stereocenters. The van der Waals surface area contributed by atoms with E-state index >= 15 is 0 Å². The van der Waals surface area contributed by atoms with Crippen LogP contribution < -0.4 is 4.74 Å². The quantitative estimate of drug-likeness (QED) is 0.842. The topological polar surface area (TPSA) is 55.6 Å². The fourth-order valence-electron chi connectivity index (χ4n) is 2.92. The monoisotopic (exact) mass is 314 g/mol. The summed E-state index contributed by atoms with van der Waals surface area (Å²) in [6.07, 6.45) is 1.84. The highest BCUT2D eigenvalue weighted by Crippen LogP contribution is 2.39. The van der Waals surface area contributed by atoms with Crippen LogP contribution in [0.25, 0.3) is 11.3 Å². The Labute approximate surface area is 136 Å². The first-order valence-corrected chi connectivity index (χ1v) is 8.17. The van der Waals surface area contributed by atoms with E-state index in [-0.39, 0.29) is 5.91 Å². The van der Waals surface area contributed by atoms with Crippen LogP contribution in [0.2, 0.25) is 0 Å². The van der Waals surface area contributed by atoms with Gasteiger partial charge in [-0.2, -0.15) is 0 Å². The normalized spacial score (nSPS) is 12.3. The van der Waals surface area contributed by atoms with Gasteiger partial charge in [-0.1, -0.05) is 30.6 Å². The van der Waals surface area contributed by atoms with Crippen LogP contribution in [0.5, 0.6) is 5.75 Å². The lowest BCUT2D eigenvalue weighted by Gasteiger charge is -2.21. The fourth-order valence-corrected chi connectivity index (χ4v) is 2.92. The van der Waals surface area contributed by atoms with Crippen molar-refractivity contribution in [1.29, 1.82) is 0 Å². The molecule has 0 N–H and O–H groups in total. The predicted molar refractivity (Wildman–Crippen MR) is 87.5 cm³/mol. The number of aromatic nitrogens is 1. The van der Waals surface area contributed by atoms with Gasteiger partial charge in [-0.05, 0) is 31.9 Å². The molecule has 5 heteroatoms. The Balaban J connectivity index is 1.97. The molecule has 1 aromatic carbocycles. The third kappa shape index (κ3) is 2.83. The SMILES string of the molecule is CCCN(CCC)C(=O)c1noc2c1COc1ccc(C)cc1-2. The van der Waals surface area contributed by atoms with Crippen LogP contribution in [0.4, 0.5) is 0 Å². The number of rotatable bonds is 5. The standard InChI is InChI=1S/C18H22N2O3/c1-4-8-20(9-5-2)18(21)16-14-11-22-15-7-6-12(3)10-13(15)17(14)23-19-16/h6-7,10H,4-5,8-9,11H2,1-3H3. The lowest BCUT2D eigenvalue weighted by molar-refractivity contribution is 0.0743. The second-order valence-electron chi connectivity index (χ2n) is 5.92. The Hall–Kier alpha value is -2.30. The first kappa shape index (κ1) is 15.6. The van der Waals surface area contributed by atoms with Crippen molar-refractivity contribution in [2.75, 3.05) is 13.1 Å². The molecule has 2 heterocycles. The van der Waals surface area contributed by atoms with E-state index in [4.69, 9.17) is 9.26 Å². The minimum atomic E-state index is -0.0709. The maximum absolute atomic E-state index is 12.8. The van der Waals surface area contributed by atoms with Gasteiger partial charge in [0.05, 0.1) is 11.1 Å². The first-order chi connectivity index (χ1) is 11.2. The van der Waals surface area contributed by atoms with E-state index in [2.05, 4.69) is 19.0 Å². The van der Waals surface area contributed by atoms with Crippen molar-refractivity contribution in [2.45, 2.75) is 40.2 Å². The van der Waals surface area contributed by atoms with E-state index in [0.717, 1.165) is 48.4 Å². The largest absolute Gasteiger partial charge is 0.488 e. The number of carbonyl (C=O) groups excluding carboxylic acids is 1. The Morgan fingerprint density at radius 2 is 2.00 bits per heavy atom. The maximum Gasteiger partial charge on any atom is 0.276 e. The van der Waals surface area contributed by atoms with Gasteiger partial charge in [-0.15, -0.1) is 0 Å². The van der Waals surface area contributed by atoms with Crippen LogP contribution in [-0.4, -0.2) is 29.1 Å². The molecular formula is C18H22N2O3. The second kappa shape index (κ2) is 6.44. The van der Waals surface area contributed by atoms with Crippen molar-refractivity contribution >= 4 is 5.91 Å². The first-order valence-electron chi connectivity index (χ1n) is 8.17. The fraction of sp³-hybridized carbons (Fsp3) is 0.444. The summed E-state index contributed by atoms with van der Waals surface area (Å²) in [6, 6.07) is 5.93. The number of benzene rings is 1. The molecule has 122 valence electrons. The van der Waals surface area contributed by atoms with Crippen molar-refractivity contribution in [3.8, 4) is 17.1 Å². The lowest BCUT2D eigenvalue weighted by atomic mass is 10.0. The number of carbonyl (C=O) groups is 1. The summed E-state index contributed by atoms with van der Waals surface area (Å²) in [5, 5.41) is 4.07. The van der Waals surface area contributed by atoms with E-state index in [1.165, 1.54) is 0 Å². The molecular weight excluding hydrogens is 292 g/mol. The van der Waals surface area contributed by atoms with E-state index in [9.17, 15) is 4.79 Å². The van der Waals surface area contributed by atoms with Crippen LogP contribution in [0.1, 0.15) is 48.3 Å². The van der Waals surface area contributed by atoms with Crippen molar-refractivity contribution in [2.24, 2.45) is 0 Å². The van der Waals surface area contributed by atoms with Gasteiger partial charge in [0, 0.05) is 13.1 Å². The number of ether oxygens (including phenoxy) is 1. The zero-order chi connectivity index (χ0) is 16.4. The van der Waals surface area contributed by atoms with Gasteiger partial charge < -0.3 is 14.2 Å². The van der Waals surface area contributed by atoms with E-state index in [0.29, 0.717) is 18.1 Å². The molecule has 23 heavy (non-hydrogen) atoms. The Morgan fingerprint density at radius 3 is 2.70 bits per heavy atom. The van der Waals surface area contributed by atoms with Crippen molar-refractivity contribution in [3.05, 3.63) is 35.0 Å². The van der Waals surface area contributed by atoms with Crippen LogP contribution in [0.15, 0.2) is 22.7 Å². The smallest absolute Gasteiger partial charge is 0.276 e. The summed E-state index contributed by atoms with van der Waals surface area (Å²) < 4.78 is 11.3. The van der Waals surface area contributed by atoms with Gasteiger partial charge >= 0.3 is 0 Å². The minimum absolute atomic E-state index is 0.0709. The van der Waals surface area contributed by atoms with Crippen LogP contribution in [-0.2, 0) is 6.61 Å². The zero-order valence-electron chi connectivity index (χ0n) is 13.9. The molecule has 1 aliphatic heterocycles. The number of amides is 1. The second-order valence-corrected chi connectivity index (χ2v) is 5.92. The van der Waals surface area contributed by atoms with E-state index in [1.54, 1.807) is 0 Å². The van der Waals surface area contributed by atoms with Gasteiger partial charge in [0.15, 0.2) is 11.5 Å². The molecule has 0 radical (unpaired) electrons. The van der Waals surface area contributed by atoms with Gasteiger partial charge in [-0.25, -0.2) is 0 Å². The molecule has 0 bridgehead atoms. The molecule has 1 amide bonds. The summed E-state index contributed by atoms with van der Waals surface area (Å²) in [5.74, 6) is 1.36. The third-order valence-corrected chi connectivity index (χ3v) is 4.02. The summed E-state index contributed by atoms with van der Waals surface area (Å²) >= 11 is 0. The van der Waals surface area contributed by atoms with Crippen molar-refractivity contribution in [1.82, 2.24) is 10.1 Å². The molecule has 0 saturated carbocycles. The molecule has 3 rings (SSSR count). The highest BCUT2D eigenvalue weighted by atomic mass is 16.5. The van der Waals surface area contributed by atoms with Crippen molar-refractivity contribution < 1.29 is 14.1 Å². The highest BCUT2D eigenvalue weighted by Gasteiger charge is 2.30. The predicted octanol–water partition coefficient (Wildman–Crippen LogP) is 3.80. The number of fused-ring (bicyclic) bond motifs is 3. The van der Waals surface area contributed by atoms with E-state index in [1.807, 2.05) is 30.0 Å². The molecule has 1 aromatic heterocycles. The Bertz CT molecular complexity index is 715. The molecule has 0 spiro atoms. The number of hydrogen-bond acceptors (Lipinski definition) is 4. The van der Waals surface area contributed by atoms with Crippen LogP contribution >= 0.6 is 0 Å². The lowest BCUT2D eigenvalue weighted by Crippen LogP contribution is -2.33. The third-order valence-electron chi connectivity index (χ3n) is 4.02. The average Bonchev–Trinajstić information content (AvgIpc) is 2.98. The Morgan fingerprint density at radius 1 is 1.26 bits per heavy atom. The van der Waals surface area contributed by atoms with Crippen molar-refractivity contribution in [3.63, 3.8) is 0 Å². The molecule has 0 unspecified atom stereocenters. The van der Waals surface area contributed by atoms with E-state index < -0.39 is 0 Å². The molecule has 1 aliphatic rings. The Kier molecular flexibility index (Phi) is 4.37. The molecule has 0 saturated heterocycles. The molecule has 5 nitrogen and oxygen atoms in total. The zero-order valence-corrected chi connectivity index (χ0v) is 13.9. The molecule has 0 fully saturated rings. The molecule has 0 aliphatic carbocycles. The number of hydrogen-bond donors (Lipinski definition) is 0. The summed E-state index contributed by atoms with van der Waals surface area (Å²) in [7, 11) is 0. The van der Waals surface area contributed by atoms with Gasteiger partial charge in [0.25, 0.3) is 5.91 Å². The summed E-state index contributed by atoms with van der Waals surface area (Å²) in [4.78, 5) is 14.6. The van der Waals surface area contributed by atoms with Crippen LogP contribution in [0, 0.1) is 6.92 Å². The maximum atomic E-state index is 12.8. The van der Waals surface area contributed by atoms with Gasteiger partial charge in [0.1, 0.15) is 12.4 Å². The summed E-state index contributed by atoms with van der Waals surface area (Å²) in [5.41, 5.74) is 3.12. The number of nitrogens with zero attached hydrogens (tertiary/aromatic N) is 2.